The summed E-state index contributed by atoms with van der Waals surface area (Å²) in [6, 6.07) is 7.18. The second kappa shape index (κ2) is 4.65. The van der Waals surface area contributed by atoms with Crippen molar-refractivity contribution in [2.75, 3.05) is 0 Å². The molecule has 0 atom stereocenters. The van der Waals surface area contributed by atoms with Crippen LogP contribution in [0.4, 0.5) is 13.2 Å². The van der Waals surface area contributed by atoms with Crippen molar-refractivity contribution in [2.24, 2.45) is 7.05 Å². The van der Waals surface area contributed by atoms with Crippen molar-refractivity contribution in [3.8, 4) is 11.1 Å². The highest BCUT2D eigenvalue weighted by molar-refractivity contribution is 5.67. The summed E-state index contributed by atoms with van der Waals surface area (Å²) in [5, 5.41) is 3.54. The third kappa shape index (κ3) is 2.86. The van der Waals surface area contributed by atoms with Crippen LogP contribution in [0.2, 0.25) is 0 Å². The van der Waals surface area contributed by atoms with Gasteiger partial charge in [0.2, 0.25) is 0 Å². The first-order valence-electron chi connectivity index (χ1n) is 6.31. The lowest BCUT2D eigenvalue weighted by atomic mass is 9.85. The number of rotatable bonds is 1. The lowest BCUT2D eigenvalue weighted by Gasteiger charge is -2.19. The van der Waals surface area contributed by atoms with Crippen molar-refractivity contribution in [1.82, 2.24) is 9.78 Å². The molecule has 20 heavy (non-hydrogen) atoms. The zero-order valence-electron chi connectivity index (χ0n) is 11.9. The molecule has 0 N–H and O–H groups in total. The summed E-state index contributed by atoms with van der Waals surface area (Å²) in [6.07, 6.45) is -3.04. The van der Waals surface area contributed by atoms with E-state index in [9.17, 15) is 13.2 Å². The van der Waals surface area contributed by atoms with E-state index in [2.05, 4.69) is 5.10 Å². The van der Waals surface area contributed by atoms with E-state index in [1.54, 1.807) is 18.2 Å². The highest BCUT2D eigenvalue weighted by atomic mass is 19.4. The monoisotopic (exact) mass is 282 g/mol. The van der Waals surface area contributed by atoms with E-state index in [1.165, 1.54) is 17.9 Å². The lowest BCUT2D eigenvalue weighted by molar-refractivity contribution is -0.140. The van der Waals surface area contributed by atoms with Crippen LogP contribution in [0.3, 0.4) is 0 Å². The molecule has 0 fully saturated rings. The third-order valence-corrected chi connectivity index (χ3v) is 3.14. The molecular formula is C15H17F3N2. The molecule has 108 valence electrons. The van der Waals surface area contributed by atoms with Gasteiger partial charge in [-0.3, -0.25) is 4.68 Å². The molecule has 0 saturated heterocycles. The number of alkyl halides is 3. The van der Waals surface area contributed by atoms with Crippen LogP contribution in [0.25, 0.3) is 11.1 Å². The number of hydrogen-bond acceptors (Lipinski definition) is 1. The van der Waals surface area contributed by atoms with Gasteiger partial charge in [0.25, 0.3) is 0 Å². The van der Waals surface area contributed by atoms with Gasteiger partial charge < -0.3 is 0 Å². The van der Waals surface area contributed by atoms with Crippen LogP contribution >= 0.6 is 0 Å². The van der Waals surface area contributed by atoms with Crippen LogP contribution in [0.1, 0.15) is 32.0 Å². The third-order valence-electron chi connectivity index (χ3n) is 3.14. The Morgan fingerprint density at radius 3 is 2.30 bits per heavy atom. The Hall–Kier alpha value is -1.78. The maximum absolute atomic E-state index is 13.0. The van der Waals surface area contributed by atoms with Crippen molar-refractivity contribution in [3.05, 3.63) is 41.7 Å². The van der Waals surface area contributed by atoms with Crippen LogP contribution in [-0.2, 0) is 18.6 Å². The van der Waals surface area contributed by atoms with E-state index in [1.807, 2.05) is 26.8 Å². The minimum Gasteiger partial charge on any atom is -0.275 e. The van der Waals surface area contributed by atoms with Crippen molar-refractivity contribution in [3.63, 3.8) is 0 Å². The summed E-state index contributed by atoms with van der Waals surface area (Å²) >= 11 is 0. The minimum atomic E-state index is -4.45. The predicted octanol–water partition coefficient (Wildman–Crippen LogP) is 4.40. The molecule has 2 nitrogen and oxygen atoms in total. The molecular weight excluding hydrogens is 265 g/mol. The summed E-state index contributed by atoms with van der Waals surface area (Å²) in [7, 11) is 1.49. The summed E-state index contributed by atoms with van der Waals surface area (Å²) in [5.41, 5.74) is 0.693. The van der Waals surface area contributed by atoms with Gasteiger partial charge in [-0.1, -0.05) is 45.0 Å². The number of aryl methyl sites for hydroxylation is 1. The number of aromatic nitrogens is 2. The second-order valence-electron chi connectivity index (χ2n) is 5.89. The Bertz CT molecular complexity index is 619. The molecule has 1 heterocycles. The summed E-state index contributed by atoms with van der Waals surface area (Å²) in [4.78, 5) is 0. The Labute approximate surface area is 116 Å². The van der Waals surface area contributed by atoms with Gasteiger partial charge in [0.1, 0.15) is 0 Å². The molecule has 2 aromatic rings. The summed E-state index contributed by atoms with van der Waals surface area (Å²) in [5.74, 6) is 0. The zero-order valence-corrected chi connectivity index (χ0v) is 11.9. The fourth-order valence-electron chi connectivity index (χ4n) is 2.06. The van der Waals surface area contributed by atoms with E-state index in [0.717, 1.165) is 5.56 Å². The largest absolute Gasteiger partial charge is 0.435 e. The van der Waals surface area contributed by atoms with Crippen molar-refractivity contribution < 1.29 is 13.2 Å². The molecule has 0 saturated carbocycles. The van der Waals surface area contributed by atoms with Crippen LogP contribution < -0.4 is 0 Å². The molecule has 0 aliphatic rings. The standard InChI is InChI=1S/C15H17F3N2/c1-14(2,3)11-7-5-6-10(8-11)12-9-20(4)19-13(12)15(16,17)18/h5-9H,1-4H3. The summed E-state index contributed by atoms with van der Waals surface area (Å²) in [6.45, 7) is 6.08. The van der Waals surface area contributed by atoms with Gasteiger partial charge in [-0.15, -0.1) is 0 Å². The molecule has 2 rings (SSSR count). The van der Waals surface area contributed by atoms with Crippen LogP contribution in [0.15, 0.2) is 30.5 Å². The highest BCUT2D eigenvalue weighted by Gasteiger charge is 2.37. The van der Waals surface area contributed by atoms with Crippen molar-refractivity contribution >= 4 is 0 Å². The molecule has 0 amide bonds. The first-order valence-corrected chi connectivity index (χ1v) is 6.31. The van der Waals surface area contributed by atoms with Gasteiger partial charge in [-0.05, 0) is 16.5 Å². The average Bonchev–Trinajstić information content (AvgIpc) is 2.70. The van der Waals surface area contributed by atoms with Crippen LogP contribution in [-0.4, -0.2) is 9.78 Å². The maximum Gasteiger partial charge on any atom is 0.435 e. The molecule has 0 radical (unpaired) electrons. The van der Waals surface area contributed by atoms with E-state index in [0.29, 0.717) is 5.56 Å². The molecule has 0 aliphatic carbocycles. The number of hydrogen-bond donors (Lipinski definition) is 0. The fourth-order valence-corrected chi connectivity index (χ4v) is 2.06. The van der Waals surface area contributed by atoms with Gasteiger partial charge in [0, 0.05) is 18.8 Å². The normalized spacial score (nSPS) is 12.8. The summed E-state index contributed by atoms with van der Waals surface area (Å²) < 4.78 is 40.2. The quantitative estimate of drug-likeness (QED) is 0.758. The number of halogens is 3. The topological polar surface area (TPSA) is 17.8 Å². The first-order chi connectivity index (χ1) is 9.09. The molecule has 0 aliphatic heterocycles. The van der Waals surface area contributed by atoms with Crippen molar-refractivity contribution in [1.29, 1.82) is 0 Å². The van der Waals surface area contributed by atoms with E-state index < -0.39 is 11.9 Å². The minimum absolute atomic E-state index is 0.114. The molecule has 0 spiro atoms. The molecule has 5 heteroatoms. The molecule has 1 aromatic carbocycles. The number of benzene rings is 1. The van der Waals surface area contributed by atoms with E-state index >= 15 is 0 Å². The first kappa shape index (κ1) is 14.6. The average molecular weight is 282 g/mol. The Morgan fingerprint density at radius 2 is 1.75 bits per heavy atom. The van der Waals surface area contributed by atoms with E-state index in [-0.39, 0.29) is 11.0 Å². The Morgan fingerprint density at radius 1 is 1.10 bits per heavy atom. The van der Waals surface area contributed by atoms with Gasteiger partial charge in [-0.2, -0.15) is 18.3 Å². The van der Waals surface area contributed by atoms with Crippen molar-refractivity contribution in [2.45, 2.75) is 32.4 Å². The van der Waals surface area contributed by atoms with Gasteiger partial charge in [0.15, 0.2) is 5.69 Å². The molecule has 1 aromatic heterocycles. The van der Waals surface area contributed by atoms with Crippen LogP contribution in [0.5, 0.6) is 0 Å². The molecule has 0 unspecified atom stereocenters. The highest BCUT2D eigenvalue weighted by Crippen LogP contribution is 2.37. The van der Waals surface area contributed by atoms with Gasteiger partial charge >= 0.3 is 6.18 Å². The number of nitrogens with zero attached hydrogens (tertiary/aromatic N) is 2. The maximum atomic E-state index is 13.0. The van der Waals surface area contributed by atoms with Gasteiger partial charge in [0.05, 0.1) is 0 Å². The fraction of sp³-hybridized carbons (Fsp3) is 0.400. The lowest BCUT2D eigenvalue weighted by Crippen LogP contribution is -2.11. The smallest absolute Gasteiger partial charge is 0.275 e. The zero-order chi connectivity index (χ0) is 15.1. The second-order valence-corrected chi connectivity index (χ2v) is 5.89. The SMILES string of the molecule is Cn1cc(-c2cccc(C(C)(C)C)c2)c(C(F)(F)F)n1. The Balaban J connectivity index is 2.58. The van der Waals surface area contributed by atoms with E-state index in [4.69, 9.17) is 0 Å². The molecule has 0 bridgehead atoms. The van der Waals surface area contributed by atoms with Gasteiger partial charge in [-0.25, -0.2) is 0 Å². The Kier molecular flexibility index (Phi) is 3.40. The van der Waals surface area contributed by atoms with Crippen LogP contribution in [0, 0.1) is 0 Å². The predicted molar refractivity (Wildman–Crippen MR) is 72.3 cm³/mol.